The second-order valence-electron chi connectivity index (χ2n) is 11.8. The molecule has 1 saturated carbocycles. The Morgan fingerprint density at radius 3 is 2.35 bits per heavy atom. The molecule has 3 heterocycles. The number of halogens is 4. The minimum Gasteiger partial charge on any atom is -0.356 e. The van der Waals surface area contributed by atoms with Crippen LogP contribution >= 0.6 is 23.5 Å². The Bertz CT molecular complexity index is 1430. The molecule has 2 aliphatic heterocycles. The molecule has 0 radical (unpaired) electrons. The van der Waals surface area contributed by atoms with Gasteiger partial charge in [-0.2, -0.15) is 13.2 Å². The maximum atomic E-state index is 13.2. The van der Waals surface area contributed by atoms with Gasteiger partial charge in [0.15, 0.2) is 0 Å². The van der Waals surface area contributed by atoms with Gasteiger partial charge in [0.2, 0.25) is 0 Å². The maximum absolute atomic E-state index is 13.2. The zero-order valence-corrected chi connectivity index (χ0v) is 25.5. The second-order valence-corrected chi connectivity index (χ2v) is 13.4. The highest BCUT2D eigenvalue weighted by Crippen LogP contribution is 2.47. The Kier molecular flexibility index (Phi) is 8.68. The van der Waals surface area contributed by atoms with Gasteiger partial charge in [0.05, 0.1) is 5.56 Å². The zero-order chi connectivity index (χ0) is 30.2. The van der Waals surface area contributed by atoms with Crippen molar-refractivity contribution in [1.82, 2.24) is 14.2 Å². The van der Waals surface area contributed by atoms with E-state index in [1.165, 1.54) is 18.4 Å². The van der Waals surface area contributed by atoms with E-state index in [4.69, 9.17) is 17.3 Å². The first kappa shape index (κ1) is 30.3. The highest BCUT2D eigenvalue weighted by atomic mass is 35.5. The number of nitrogens with one attached hydrogen (secondary N) is 1. The van der Waals surface area contributed by atoms with Crippen LogP contribution in [-0.2, 0) is 12.6 Å². The highest BCUT2D eigenvalue weighted by Gasteiger charge is 2.52. The van der Waals surface area contributed by atoms with Gasteiger partial charge < -0.3 is 20.9 Å². The number of benzene rings is 2. The van der Waals surface area contributed by atoms with Crippen molar-refractivity contribution < 1.29 is 13.2 Å². The largest absolute Gasteiger partial charge is 0.416 e. The highest BCUT2D eigenvalue weighted by molar-refractivity contribution is 7.97. The number of piperazine rings is 1. The molecule has 6 rings (SSSR count). The van der Waals surface area contributed by atoms with Crippen molar-refractivity contribution in [2.45, 2.75) is 36.4 Å². The predicted molar refractivity (Wildman–Crippen MR) is 169 cm³/mol. The fraction of sp³-hybridized carbons (Fsp3) is 0.406. The molecule has 1 unspecified atom stereocenters. The summed E-state index contributed by atoms with van der Waals surface area (Å²) in [6.45, 7) is 10.1. The molecule has 2 aromatic carbocycles. The van der Waals surface area contributed by atoms with Crippen LogP contribution in [0.25, 0.3) is 5.70 Å². The average Bonchev–Trinajstić information content (AvgIpc) is 2.96. The van der Waals surface area contributed by atoms with E-state index in [0.717, 1.165) is 60.0 Å². The third-order valence-electron chi connectivity index (χ3n) is 8.89. The lowest BCUT2D eigenvalue weighted by Gasteiger charge is -2.59. The Morgan fingerprint density at radius 1 is 1.05 bits per heavy atom. The van der Waals surface area contributed by atoms with E-state index in [1.807, 2.05) is 17.0 Å². The molecule has 1 atom stereocenters. The summed E-state index contributed by atoms with van der Waals surface area (Å²) in [5.74, 6) is 0.258. The van der Waals surface area contributed by atoms with E-state index in [2.05, 4.69) is 62.5 Å². The van der Waals surface area contributed by atoms with Crippen molar-refractivity contribution in [2.24, 2.45) is 11.1 Å². The molecule has 6 nitrogen and oxygen atoms in total. The lowest BCUT2D eigenvalue weighted by atomic mass is 9.60. The smallest absolute Gasteiger partial charge is 0.356 e. The molecule has 11 heteroatoms. The Hall–Kier alpha value is -2.76. The van der Waals surface area contributed by atoms with E-state index in [-0.39, 0.29) is 11.0 Å². The van der Waals surface area contributed by atoms with Crippen LogP contribution in [0.3, 0.4) is 0 Å². The molecule has 2 saturated heterocycles. The molecule has 0 bridgehead atoms. The van der Waals surface area contributed by atoms with Crippen LogP contribution in [0.5, 0.6) is 0 Å². The number of pyridine rings is 1. The van der Waals surface area contributed by atoms with Crippen molar-refractivity contribution in [3.05, 3.63) is 89.1 Å². The van der Waals surface area contributed by atoms with Gasteiger partial charge in [-0.1, -0.05) is 42.4 Å². The van der Waals surface area contributed by atoms with Gasteiger partial charge in [-0.25, -0.2) is 9.29 Å². The van der Waals surface area contributed by atoms with Crippen LogP contribution in [0.2, 0.25) is 5.15 Å². The van der Waals surface area contributed by atoms with Gasteiger partial charge >= 0.3 is 6.18 Å². The molecule has 1 spiro atoms. The van der Waals surface area contributed by atoms with Gasteiger partial charge in [-0.15, -0.1) is 0 Å². The number of nitrogens with two attached hydrogens (primary N) is 1. The van der Waals surface area contributed by atoms with Crippen LogP contribution in [0.4, 0.5) is 24.7 Å². The molecule has 3 fully saturated rings. The summed E-state index contributed by atoms with van der Waals surface area (Å²) in [5, 5.41) is 3.25. The van der Waals surface area contributed by atoms with Gasteiger partial charge in [0.25, 0.3) is 0 Å². The van der Waals surface area contributed by atoms with Crippen molar-refractivity contribution in [1.29, 1.82) is 0 Å². The summed E-state index contributed by atoms with van der Waals surface area (Å²) >= 11 is 7.51. The molecule has 1 aliphatic carbocycles. The first-order valence-corrected chi connectivity index (χ1v) is 15.8. The fourth-order valence-electron chi connectivity index (χ4n) is 6.09. The van der Waals surface area contributed by atoms with Crippen molar-refractivity contribution in [2.75, 3.05) is 56.0 Å². The third-order valence-corrected chi connectivity index (χ3v) is 10.2. The normalized spacial score (nSPS) is 20.5. The summed E-state index contributed by atoms with van der Waals surface area (Å²) in [6.07, 6.45) is -0.951. The van der Waals surface area contributed by atoms with E-state index in [9.17, 15) is 13.2 Å². The monoisotopic (exact) mass is 628 g/mol. The summed E-state index contributed by atoms with van der Waals surface area (Å²) in [4.78, 5) is 9.56. The Labute approximate surface area is 260 Å². The predicted octanol–water partition coefficient (Wildman–Crippen LogP) is 6.63. The van der Waals surface area contributed by atoms with E-state index in [1.54, 1.807) is 11.9 Å². The van der Waals surface area contributed by atoms with E-state index in [0.29, 0.717) is 37.6 Å². The molecule has 3 N–H and O–H groups in total. The quantitative estimate of drug-likeness (QED) is 0.204. The summed E-state index contributed by atoms with van der Waals surface area (Å²) in [6, 6.07) is 19.1. The van der Waals surface area contributed by atoms with Crippen LogP contribution in [0, 0.1) is 5.41 Å². The van der Waals surface area contributed by atoms with Gasteiger partial charge in [0, 0.05) is 73.6 Å². The van der Waals surface area contributed by atoms with Crippen molar-refractivity contribution >= 4 is 40.8 Å². The first-order chi connectivity index (χ1) is 20.6. The number of nitrogens with zero attached hydrogens (tertiary/aromatic N) is 4. The Balaban J connectivity index is 0.944. The topological polar surface area (TPSA) is 60.7 Å². The molecule has 228 valence electrons. The third kappa shape index (κ3) is 6.99. The van der Waals surface area contributed by atoms with E-state index >= 15 is 0 Å². The standard InChI is InChI=1S/C32H36ClF3N6S/c1-22(24-4-2-23(3-5-24)11-13-40-20-31(21-40)12-10-28(31)37)38-26-6-8-27(9-7-26)43-42-16-14-41(15-17-42)30-19-25(32(34,35)36)18-29(33)39-30/h2-9,18-19,28,38H,1,10-17,20-21,37H2. The molecule has 3 aromatic rings. The molecule has 0 amide bonds. The summed E-state index contributed by atoms with van der Waals surface area (Å²) < 4.78 is 41.8. The van der Waals surface area contributed by atoms with E-state index < -0.39 is 11.7 Å². The summed E-state index contributed by atoms with van der Waals surface area (Å²) in [5.41, 5.74) is 10.0. The minimum absolute atomic E-state index is 0.152. The number of aromatic nitrogens is 1. The van der Waals surface area contributed by atoms with Gasteiger partial charge in [-0.05, 0) is 78.7 Å². The van der Waals surface area contributed by atoms with Gasteiger partial charge in [0.1, 0.15) is 11.0 Å². The van der Waals surface area contributed by atoms with Gasteiger partial charge in [-0.3, -0.25) is 0 Å². The lowest BCUT2D eigenvalue weighted by Crippen LogP contribution is -2.69. The lowest BCUT2D eigenvalue weighted by molar-refractivity contribution is -0.137. The zero-order valence-electron chi connectivity index (χ0n) is 23.9. The number of hydrogen-bond acceptors (Lipinski definition) is 7. The maximum Gasteiger partial charge on any atom is 0.416 e. The molecular weight excluding hydrogens is 593 g/mol. The molecule has 3 aliphatic rings. The van der Waals surface area contributed by atoms with Crippen molar-refractivity contribution in [3.8, 4) is 0 Å². The molecule has 43 heavy (non-hydrogen) atoms. The molecular formula is C32H36ClF3N6S. The van der Waals surface area contributed by atoms with Crippen LogP contribution in [0.15, 0.2) is 72.1 Å². The number of hydrogen-bond donors (Lipinski definition) is 2. The fourth-order valence-corrected chi connectivity index (χ4v) is 7.19. The second kappa shape index (κ2) is 12.3. The Morgan fingerprint density at radius 2 is 1.74 bits per heavy atom. The van der Waals surface area contributed by atoms with Crippen LogP contribution < -0.4 is 16.0 Å². The number of alkyl halides is 3. The SMILES string of the molecule is C=C(Nc1ccc(SN2CCN(c3cc(C(F)(F)F)cc(Cl)n3)CC2)cc1)c1ccc(CCN2CC3(CCC3N)C2)cc1. The number of likely N-dealkylation sites (tertiary alicyclic amines) is 1. The van der Waals surface area contributed by atoms with Crippen molar-refractivity contribution in [3.63, 3.8) is 0 Å². The minimum atomic E-state index is -4.46. The average molecular weight is 629 g/mol. The molecule has 1 aromatic heterocycles. The first-order valence-electron chi connectivity index (χ1n) is 14.6. The van der Waals surface area contributed by atoms with Crippen LogP contribution in [-0.4, -0.2) is 66.0 Å². The number of rotatable bonds is 9. The number of anilines is 2. The summed E-state index contributed by atoms with van der Waals surface area (Å²) in [7, 11) is 0. The van der Waals surface area contributed by atoms with Crippen LogP contribution in [0.1, 0.15) is 29.5 Å².